The molecule has 4 rings (SSSR count). The van der Waals surface area contributed by atoms with Gasteiger partial charge in [0.25, 0.3) is 0 Å². The van der Waals surface area contributed by atoms with E-state index in [0.717, 1.165) is 5.33 Å². The van der Waals surface area contributed by atoms with Crippen molar-refractivity contribution in [2.45, 2.75) is 34.4 Å². The lowest BCUT2D eigenvalue weighted by molar-refractivity contribution is 1.11. The molecule has 0 saturated carbocycles. The van der Waals surface area contributed by atoms with E-state index in [4.69, 9.17) is 0 Å². The predicted molar refractivity (Wildman–Crippen MR) is 87.3 cm³/mol. The summed E-state index contributed by atoms with van der Waals surface area (Å²) in [5.74, 6) is 0. The molecule has 15 heavy (non-hydrogen) atoms. The fourth-order valence-electron chi connectivity index (χ4n) is 2.19. The molecule has 0 aromatic rings. The lowest BCUT2D eigenvalue weighted by Gasteiger charge is -2.64. The van der Waals surface area contributed by atoms with Gasteiger partial charge >= 0.3 is 0 Å². The first-order valence-corrected chi connectivity index (χ1v) is 10.6. The Hall–Kier alpha value is 2.58. The van der Waals surface area contributed by atoms with Crippen molar-refractivity contribution in [3.05, 3.63) is 0 Å². The molecule has 0 unspecified atom stereocenters. The molecule has 0 aromatic heterocycles. The van der Waals surface area contributed by atoms with E-state index < -0.39 is 0 Å². The minimum atomic E-state index is 0.333. The van der Waals surface area contributed by atoms with Crippen molar-refractivity contribution >= 4 is 86.5 Å². The summed E-state index contributed by atoms with van der Waals surface area (Å²) in [5.41, 5.74) is 0. The Bertz CT molecular complexity index is 267. The number of thioether (sulfide) groups is 6. The zero-order valence-electron chi connectivity index (χ0n) is 8.53. The summed E-state index contributed by atoms with van der Waals surface area (Å²) in [6, 6.07) is 0. The highest BCUT2D eigenvalue weighted by atomic mass is 79.9. The Labute approximate surface area is 125 Å². The molecular formula is C8H11BrS6. The van der Waals surface area contributed by atoms with Crippen LogP contribution in [0.15, 0.2) is 0 Å². The van der Waals surface area contributed by atoms with Crippen LogP contribution in [0.25, 0.3) is 0 Å². The van der Waals surface area contributed by atoms with E-state index in [2.05, 4.69) is 107 Å². The number of rotatable bonds is 1. The van der Waals surface area contributed by atoms with Gasteiger partial charge in [-0.2, -0.15) is 0 Å². The van der Waals surface area contributed by atoms with Crippen LogP contribution in [-0.4, -0.2) is 19.0 Å². The standard InChI is InChI=1S/C8H11BrS6/c1-5-10-6(2)12-7(3,11-5)15-8(4-9,13-5)14-6/h4H2,1-3H3. The van der Waals surface area contributed by atoms with Crippen LogP contribution in [0.1, 0.15) is 20.8 Å². The lowest BCUT2D eigenvalue weighted by atomic mass is 10.9. The first kappa shape index (κ1) is 12.6. The Morgan fingerprint density at radius 2 is 1.07 bits per heavy atom. The number of hydrogen-bond donors (Lipinski definition) is 0. The van der Waals surface area contributed by atoms with Gasteiger partial charge in [0.1, 0.15) is 13.6 Å². The SMILES string of the molecule is CC12SC3(C)SC(C)(S1)SC(CBr)(S2)S3. The molecule has 0 aromatic carbocycles. The van der Waals surface area contributed by atoms with Gasteiger partial charge in [-0.3, -0.25) is 0 Å². The van der Waals surface area contributed by atoms with Crippen LogP contribution in [-0.2, 0) is 0 Å². The van der Waals surface area contributed by atoms with E-state index in [1.165, 1.54) is 0 Å². The van der Waals surface area contributed by atoms with Gasteiger partial charge in [0, 0.05) is 5.33 Å². The zero-order valence-corrected chi connectivity index (χ0v) is 15.0. The monoisotopic (exact) mass is 378 g/mol. The van der Waals surface area contributed by atoms with Crippen molar-refractivity contribution < 1.29 is 0 Å². The summed E-state index contributed by atoms with van der Waals surface area (Å²) in [4.78, 5) is 0. The molecule has 0 N–H and O–H groups in total. The van der Waals surface area contributed by atoms with Crippen LogP contribution in [0, 0.1) is 0 Å². The van der Waals surface area contributed by atoms with Crippen molar-refractivity contribution in [1.29, 1.82) is 0 Å². The maximum atomic E-state index is 3.72. The molecular weight excluding hydrogens is 368 g/mol. The third-order valence-electron chi connectivity index (χ3n) is 2.30. The molecule has 0 atom stereocenters. The van der Waals surface area contributed by atoms with E-state index in [-0.39, 0.29) is 0 Å². The number of halogens is 1. The topological polar surface area (TPSA) is 0 Å². The summed E-state index contributed by atoms with van der Waals surface area (Å²) >= 11 is 16.6. The molecule has 0 radical (unpaired) electrons. The molecule has 4 bridgehead atoms. The number of hydrogen-bond acceptors (Lipinski definition) is 6. The van der Waals surface area contributed by atoms with Crippen LogP contribution in [0.2, 0.25) is 0 Å². The third-order valence-corrected chi connectivity index (χ3v) is 15.0. The van der Waals surface area contributed by atoms with Crippen molar-refractivity contribution in [2.75, 3.05) is 5.33 Å². The molecule has 7 heteroatoms. The summed E-state index contributed by atoms with van der Waals surface area (Å²) in [7, 11) is 0. The van der Waals surface area contributed by atoms with Gasteiger partial charge in [-0.05, 0) is 20.8 Å². The average molecular weight is 379 g/mol. The normalized spacial score (nSPS) is 62.4. The molecule has 0 spiro atoms. The maximum absolute atomic E-state index is 3.72. The Morgan fingerprint density at radius 3 is 1.33 bits per heavy atom. The van der Waals surface area contributed by atoms with Gasteiger partial charge in [-0.25, -0.2) is 0 Å². The molecule has 4 saturated heterocycles. The molecule has 0 aliphatic carbocycles. The van der Waals surface area contributed by atoms with Crippen LogP contribution in [0.4, 0.5) is 0 Å². The summed E-state index contributed by atoms with van der Waals surface area (Å²) in [5, 5.41) is 1.09. The summed E-state index contributed by atoms with van der Waals surface area (Å²) < 4.78 is 1.37. The van der Waals surface area contributed by atoms with E-state index in [1.807, 2.05) is 0 Å². The average Bonchev–Trinajstić information content (AvgIpc) is 1.94. The van der Waals surface area contributed by atoms with Gasteiger partial charge in [-0.15, -0.1) is 70.6 Å². The molecule has 4 aliphatic heterocycles. The van der Waals surface area contributed by atoms with E-state index in [0.29, 0.717) is 13.6 Å². The summed E-state index contributed by atoms with van der Waals surface area (Å²) in [6.45, 7) is 7.21. The summed E-state index contributed by atoms with van der Waals surface area (Å²) in [6.07, 6.45) is 0. The third kappa shape index (κ3) is 2.04. The van der Waals surface area contributed by atoms with E-state index >= 15 is 0 Å². The van der Waals surface area contributed by atoms with Gasteiger partial charge in [-0.1, -0.05) is 15.9 Å². The fourth-order valence-corrected chi connectivity index (χ4v) is 24.5. The highest BCUT2D eigenvalue weighted by Crippen LogP contribution is 2.88. The Balaban J connectivity index is 2.06. The molecule has 86 valence electrons. The molecule has 0 nitrogen and oxygen atoms in total. The van der Waals surface area contributed by atoms with Gasteiger partial charge in [0.2, 0.25) is 0 Å². The maximum Gasteiger partial charge on any atom is 0.123 e. The second-order valence-electron chi connectivity index (χ2n) is 4.02. The molecule has 4 heterocycles. The van der Waals surface area contributed by atoms with Crippen LogP contribution in [0.5, 0.6) is 0 Å². The van der Waals surface area contributed by atoms with Crippen LogP contribution in [0.3, 0.4) is 0 Å². The molecule has 4 fully saturated rings. The predicted octanol–water partition coefficient (Wildman–Crippen LogP) is 5.50. The van der Waals surface area contributed by atoms with E-state index in [9.17, 15) is 0 Å². The minimum absolute atomic E-state index is 0.333. The highest BCUT2D eigenvalue weighted by Gasteiger charge is 2.68. The highest BCUT2D eigenvalue weighted by molar-refractivity contribution is 9.09. The zero-order chi connectivity index (χ0) is 10.9. The van der Waals surface area contributed by atoms with Gasteiger partial charge in [0.15, 0.2) is 0 Å². The van der Waals surface area contributed by atoms with Crippen molar-refractivity contribution in [3.8, 4) is 0 Å². The Morgan fingerprint density at radius 1 is 0.733 bits per heavy atom. The lowest BCUT2D eigenvalue weighted by Crippen LogP contribution is -2.51. The van der Waals surface area contributed by atoms with Crippen LogP contribution >= 0.6 is 86.5 Å². The van der Waals surface area contributed by atoms with Crippen LogP contribution < -0.4 is 0 Å². The van der Waals surface area contributed by atoms with Gasteiger partial charge < -0.3 is 0 Å². The van der Waals surface area contributed by atoms with E-state index in [1.54, 1.807) is 0 Å². The molecule has 0 amide bonds. The minimum Gasteiger partial charge on any atom is -0.105 e. The second kappa shape index (κ2) is 3.57. The first-order valence-electron chi connectivity index (χ1n) is 4.57. The quantitative estimate of drug-likeness (QED) is 0.548. The Kier molecular flexibility index (Phi) is 3.00. The number of alkyl halides is 1. The van der Waals surface area contributed by atoms with Crippen molar-refractivity contribution in [2.24, 2.45) is 0 Å². The van der Waals surface area contributed by atoms with Crippen molar-refractivity contribution in [1.82, 2.24) is 0 Å². The van der Waals surface area contributed by atoms with Crippen molar-refractivity contribution in [3.63, 3.8) is 0 Å². The largest absolute Gasteiger partial charge is 0.123 e. The smallest absolute Gasteiger partial charge is 0.105 e. The first-order chi connectivity index (χ1) is 6.80. The fraction of sp³-hybridized carbons (Fsp3) is 1.00. The van der Waals surface area contributed by atoms with Gasteiger partial charge in [0.05, 0.1) is 0 Å². The second-order valence-corrected chi connectivity index (χ2v) is 18.3. The molecule has 4 aliphatic rings.